The smallest absolute Gasteiger partial charge is 0.214 e. The van der Waals surface area contributed by atoms with E-state index in [4.69, 9.17) is 19.2 Å². The van der Waals surface area contributed by atoms with Crippen LogP contribution in [0.2, 0.25) is 0 Å². The highest BCUT2D eigenvalue weighted by atomic mass is 19.1. The van der Waals surface area contributed by atoms with Crippen molar-refractivity contribution in [2.24, 2.45) is 4.99 Å². The standard InChI is InChI=1S/C19H30FN5O3/c1-15(13-26-2)22-19(21-12-16-14-27-10-11-28-16)25-8-6-24(7-9-25)18-5-3-4-17(20)23-18/h3-5,15-16H,6-14H2,1-2H3,(H,21,22). The van der Waals surface area contributed by atoms with Gasteiger partial charge in [0.15, 0.2) is 5.96 Å². The summed E-state index contributed by atoms with van der Waals surface area (Å²) in [5, 5.41) is 3.45. The van der Waals surface area contributed by atoms with Crippen LogP contribution in [0, 0.1) is 5.95 Å². The largest absolute Gasteiger partial charge is 0.383 e. The Kier molecular flexibility index (Phi) is 7.81. The first-order chi connectivity index (χ1) is 13.7. The van der Waals surface area contributed by atoms with Crippen LogP contribution in [0.1, 0.15) is 6.92 Å². The van der Waals surface area contributed by atoms with E-state index in [1.54, 1.807) is 13.2 Å². The molecule has 156 valence electrons. The van der Waals surface area contributed by atoms with Crippen molar-refractivity contribution in [2.75, 3.05) is 71.2 Å². The number of nitrogens with one attached hydrogen (secondary N) is 1. The third-order valence-corrected chi connectivity index (χ3v) is 4.73. The lowest BCUT2D eigenvalue weighted by Gasteiger charge is -2.38. The van der Waals surface area contributed by atoms with Crippen molar-refractivity contribution in [3.63, 3.8) is 0 Å². The van der Waals surface area contributed by atoms with Gasteiger partial charge < -0.3 is 29.3 Å². The molecule has 0 spiro atoms. The number of hydrogen-bond donors (Lipinski definition) is 1. The van der Waals surface area contributed by atoms with Gasteiger partial charge in [-0.25, -0.2) is 4.98 Å². The molecule has 1 aromatic heterocycles. The fourth-order valence-electron chi connectivity index (χ4n) is 3.30. The number of rotatable bonds is 6. The quantitative estimate of drug-likeness (QED) is 0.433. The Morgan fingerprint density at radius 3 is 2.86 bits per heavy atom. The summed E-state index contributed by atoms with van der Waals surface area (Å²) in [4.78, 5) is 13.1. The monoisotopic (exact) mass is 395 g/mol. The summed E-state index contributed by atoms with van der Waals surface area (Å²) in [7, 11) is 1.69. The molecule has 2 unspecified atom stereocenters. The van der Waals surface area contributed by atoms with Crippen LogP contribution < -0.4 is 10.2 Å². The minimum absolute atomic E-state index is 0.0129. The van der Waals surface area contributed by atoms with Crippen molar-refractivity contribution < 1.29 is 18.6 Å². The van der Waals surface area contributed by atoms with Gasteiger partial charge in [-0.15, -0.1) is 0 Å². The summed E-state index contributed by atoms with van der Waals surface area (Å²) in [6.45, 7) is 8.07. The molecule has 2 fully saturated rings. The number of guanidine groups is 1. The molecular weight excluding hydrogens is 365 g/mol. The number of halogens is 1. The van der Waals surface area contributed by atoms with E-state index in [-0.39, 0.29) is 12.1 Å². The van der Waals surface area contributed by atoms with Crippen LogP contribution in [0.3, 0.4) is 0 Å². The molecule has 0 aliphatic carbocycles. The number of nitrogens with zero attached hydrogens (tertiary/aromatic N) is 4. The summed E-state index contributed by atoms with van der Waals surface area (Å²) in [6, 6.07) is 5.03. The number of aromatic nitrogens is 1. The van der Waals surface area contributed by atoms with Crippen LogP contribution in [-0.4, -0.2) is 94.3 Å². The van der Waals surface area contributed by atoms with E-state index in [1.807, 2.05) is 6.07 Å². The second-order valence-corrected chi connectivity index (χ2v) is 7.03. The zero-order chi connectivity index (χ0) is 19.8. The molecule has 0 bridgehead atoms. The third kappa shape index (κ3) is 6.02. The van der Waals surface area contributed by atoms with Crippen LogP contribution in [0.15, 0.2) is 23.2 Å². The zero-order valence-electron chi connectivity index (χ0n) is 16.6. The Hall–Kier alpha value is -1.97. The lowest BCUT2D eigenvalue weighted by atomic mass is 10.3. The van der Waals surface area contributed by atoms with Gasteiger partial charge in [-0.05, 0) is 19.1 Å². The number of ether oxygens (including phenoxy) is 3. The molecule has 28 heavy (non-hydrogen) atoms. The highest BCUT2D eigenvalue weighted by Gasteiger charge is 2.23. The van der Waals surface area contributed by atoms with Crippen molar-refractivity contribution in [1.29, 1.82) is 0 Å². The summed E-state index contributed by atoms with van der Waals surface area (Å²) in [5.74, 6) is 1.06. The van der Waals surface area contributed by atoms with Crippen LogP contribution in [0.5, 0.6) is 0 Å². The molecule has 0 amide bonds. The van der Waals surface area contributed by atoms with E-state index in [9.17, 15) is 4.39 Å². The maximum absolute atomic E-state index is 13.4. The van der Waals surface area contributed by atoms with Gasteiger partial charge in [0.2, 0.25) is 5.95 Å². The van der Waals surface area contributed by atoms with Gasteiger partial charge in [0.05, 0.1) is 33.0 Å². The Morgan fingerprint density at radius 1 is 1.36 bits per heavy atom. The fraction of sp³-hybridized carbons (Fsp3) is 0.684. The molecule has 1 N–H and O–H groups in total. The fourth-order valence-corrected chi connectivity index (χ4v) is 3.30. The van der Waals surface area contributed by atoms with Crippen LogP contribution in [0.4, 0.5) is 10.2 Å². The van der Waals surface area contributed by atoms with Crippen molar-refractivity contribution in [1.82, 2.24) is 15.2 Å². The van der Waals surface area contributed by atoms with Crippen LogP contribution >= 0.6 is 0 Å². The Morgan fingerprint density at radius 2 is 2.18 bits per heavy atom. The molecule has 0 aromatic carbocycles. The summed E-state index contributed by atoms with van der Waals surface area (Å²) >= 11 is 0. The van der Waals surface area contributed by atoms with Gasteiger partial charge in [0.1, 0.15) is 11.9 Å². The molecule has 0 saturated carbocycles. The molecular formula is C19H30FN5O3. The number of aliphatic imine (C=N–C) groups is 1. The average Bonchev–Trinajstić information content (AvgIpc) is 2.72. The van der Waals surface area contributed by atoms with Crippen molar-refractivity contribution in [3.05, 3.63) is 24.1 Å². The molecule has 2 saturated heterocycles. The lowest BCUT2D eigenvalue weighted by Crippen LogP contribution is -2.55. The number of methoxy groups -OCH3 is 1. The minimum Gasteiger partial charge on any atom is -0.383 e. The predicted octanol–water partition coefficient (Wildman–Crippen LogP) is 0.739. The number of anilines is 1. The molecule has 8 nitrogen and oxygen atoms in total. The first-order valence-electron chi connectivity index (χ1n) is 9.77. The molecule has 3 rings (SSSR count). The summed E-state index contributed by atoms with van der Waals surface area (Å²) < 4.78 is 29.8. The molecule has 3 heterocycles. The minimum atomic E-state index is -0.452. The van der Waals surface area contributed by atoms with Crippen molar-refractivity contribution in [2.45, 2.75) is 19.1 Å². The van der Waals surface area contributed by atoms with E-state index < -0.39 is 5.95 Å². The lowest BCUT2D eigenvalue weighted by molar-refractivity contribution is -0.0833. The second kappa shape index (κ2) is 10.5. The maximum atomic E-state index is 13.4. The summed E-state index contributed by atoms with van der Waals surface area (Å²) in [5.41, 5.74) is 0. The number of hydrogen-bond acceptors (Lipinski definition) is 6. The van der Waals surface area contributed by atoms with E-state index in [1.165, 1.54) is 6.07 Å². The molecule has 2 aliphatic heterocycles. The Balaban J connectivity index is 1.61. The van der Waals surface area contributed by atoms with Gasteiger partial charge in [0, 0.05) is 39.3 Å². The van der Waals surface area contributed by atoms with E-state index in [0.29, 0.717) is 38.8 Å². The normalized spacial score (nSPS) is 22.2. The number of pyridine rings is 1. The number of piperazine rings is 1. The van der Waals surface area contributed by atoms with Gasteiger partial charge in [-0.1, -0.05) is 6.07 Å². The van der Waals surface area contributed by atoms with Gasteiger partial charge >= 0.3 is 0 Å². The molecule has 2 atom stereocenters. The van der Waals surface area contributed by atoms with Crippen LogP contribution in [-0.2, 0) is 14.2 Å². The molecule has 9 heteroatoms. The maximum Gasteiger partial charge on any atom is 0.214 e. The highest BCUT2D eigenvalue weighted by Crippen LogP contribution is 2.14. The van der Waals surface area contributed by atoms with Crippen molar-refractivity contribution in [3.8, 4) is 0 Å². The predicted molar refractivity (Wildman–Crippen MR) is 105 cm³/mol. The first kappa shape index (κ1) is 20.8. The van der Waals surface area contributed by atoms with Gasteiger partial charge in [0.25, 0.3) is 0 Å². The van der Waals surface area contributed by atoms with Crippen LogP contribution in [0.25, 0.3) is 0 Å². The zero-order valence-corrected chi connectivity index (χ0v) is 16.6. The average molecular weight is 395 g/mol. The molecule has 2 aliphatic rings. The Labute approximate surface area is 165 Å². The molecule has 0 radical (unpaired) electrons. The van der Waals surface area contributed by atoms with E-state index in [0.717, 1.165) is 32.1 Å². The highest BCUT2D eigenvalue weighted by molar-refractivity contribution is 5.80. The summed E-state index contributed by atoms with van der Waals surface area (Å²) in [6.07, 6.45) is -0.0129. The van der Waals surface area contributed by atoms with Crippen molar-refractivity contribution >= 4 is 11.8 Å². The van der Waals surface area contributed by atoms with E-state index in [2.05, 4.69) is 27.0 Å². The Bertz CT molecular complexity index is 634. The van der Waals surface area contributed by atoms with Gasteiger partial charge in [-0.2, -0.15) is 4.39 Å². The third-order valence-electron chi connectivity index (χ3n) is 4.73. The SMILES string of the molecule is COCC(C)NC(=NCC1COCCO1)N1CCN(c2cccc(F)n2)CC1. The molecule has 1 aromatic rings. The van der Waals surface area contributed by atoms with Gasteiger partial charge in [-0.3, -0.25) is 4.99 Å². The topological polar surface area (TPSA) is 71.5 Å². The van der Waals surface area contributed by atoms with E-state index >= 15 is 0 Å². The first-order valence-corrected chi connectivity index (χ1v) is 9.77. The second-order valence-electron chi connectivity index (χ2n) is 7.03.